The Kier molecular flexibility index (Phi) is 4.39. The quantitative estimate of drug-likeness (QED) is 0.738. The molecule has 0 bridgehead atoms. The van der Waals surface area contributed by atoms with Crippen LogP contribution in [0, 0.1) is 0 Å². The van der Waals surface area contributed by atoms with Gasteiger partial charge >= 0.3 is 0 Å². The predicted octanol–water partition coefficient (Wildman–Crippen LogP) is 3.64. The second-order valence-corrected chi connectivity index (χ2v) is 6.82. The van der Waals surface area contributed by atoms with Gasteiger partial charge in [0.05, 0.1) is 35.5 Å². The summed E-state index contributed by atoms with van der Waals surface area (Å²) in [5, 5.41) is 14.2. The molecule has 2 aromatic carbocycles. The first-order chi connectivity index (χ1) is 12.7. The Labute approximate surface area is 153 Å². The van der Waals surface area contributed by atoms with E-state index in [4.69, 9.17) is 4.74 Å². The molecule has 0 amide bonds. The van der Waals surface area contributed by atoms with Gasteiger partial charge in [-0.25, -0.2) is 4.68 Å². The number of hydrogen-bond donors (Lipinski definition) is 1. The Morgan fingerprint density at radius 2 is 1.92 bits per heavy atom. The molecule has 3 aromatic rings. The molecule has 1 aromatic heterocycles. The normalized spacial score (nSPS) is 13.7. The highest BCUT2D eigenvalue weighted by Gasteiger charge is 2.23. The minimum absolute atomic E-state index is 0.0948. The molecule has 0 spiro atoms. The highest BCUT2D eigenvalue weighted by molar-refractivity contribution is 5.69. The molecule has 1 N–H and O–H groups in total. The molecule has 1 heterocycles. The van der Waals surface area contributed by atoms with Crippen molar-refractivity contribution >= 4 is 5.69 Å². The summed E-state index contributed by atoms with van der Waals surface area (Å²) in [7, 11) is 4.03. The summed E-state index contributed by atoms with van der Waals surface area (Å²) in [5.74, 6) is 0.879. The topological polar surface area (TPSA) is 50.5 Å². The summed E-state index contributed by atoms with van der Waals surface area (Å²) in [6.45, 7) is -0.0948. The highest BCUT2D eigenvalue weighted by atomic mass is 16.5. The second-order valence-electron chi connectivity index (χ2n) is 6.82. The third kappa shape index (κ3) is 3.30. The number of para-hydroxylation sites is 2. The third-order valence-corrected chi connectivity index (χ3v) is 4.47. The molecule has 26 heavy (non-hydrogen) atoms. The maximum Gasteiger partial charge on any atom is 0.120 e. The van der Waals surface area contributed by atoms with Crippen molar-refractivity contribution in [2.75, 3.05) is 19.0 Å². The van der Waals surface area contributed by atoms with Crippen molar-refractivity contribution in [2.45, 2.75) is 25.6 Å². The number of aliphatic hydroxyl groups excluding tert-OH is 1. The molecule has 1 aliphatic carbocycles. The Morgan fingerprint density at radius 1 is 1.12 bits per heavy atom. The molecular weight excluding hydrogens is 326 g/mol. The lowest BCUT2D eigenvalue weighted by molar-refractivity contribution is 0.276. The van der Waals surface area contributed by atoms with Crippen LogP contribution in [0.25, 0.3) is 16.9 Å². The Morgan fingerprint density at radius 3 is 2.65 bits per heavy atom. The van der Waals surface area contributed by atoms with Crippen LogP contribution >= 0.6 is 0 Å². The summed E-state index contributed by atoms with van der Waals surface area (Å²) in [6.07, 6.45) is 2.62. The van der Waals surface area contributed by atoms with Gasteiger partial charge in [0.2, 0.25) is 0 Å². The molecule has 1 fully saturated rings. The smallest absolute Gasteiger partial charge is 0.120 e. The predicted molar refractivity (Wildman–Crippen MR) is 103 cm³/mol. The van der Waals surface area contributed by atoms with Gasteiger partial charge in [0.25, 0.3) is 0 Å². The monoisotopic (exact) mass is 349 g/mol. The van der Waals surface area contributed by atoms with Crippen molar-refractivity contribution in [1.29, 1.82) is 0 Å². The van der Waals surface area contributed by atoms with E-state index in [2.05, 4.69) is 16.1 Å². The van der Waals surface area contributed by atoms with Crippen molar-refractivity contribution < 1.29 is 9.84 Å². The van der Waals surface area contributed by atoms with Crippen LogP contribution in [0.1, 0.15) is 18.5 Å². The molecule has 5 nitrogen and oxygen atoms in total. The van der Waals surface area contributed by atoms with Gasteiger partial charge in [-0.3, -0.25) is 0 Å². The third-order valence-electron chi connectivity index (χ3n) is 4.47. The molecular formula is C21H23N3O2. The summed E-state index contributed by atoms with van der Waals surface area (Å²) in [4.78, 5) is 2.06. The van der Waals surface area contributed by atoms with Crippen molar-refractivity contribution in [2.24, 2.45) is 0 Å². The number of aromatic nitrogens is 2. The molecule has 0 atom stereocenters. The number of ether oxygens (including phenoxy) is 1. The van der Waals surface area contributed by atoms with Gasteiger partial charge in [-0.15, -0.1) is 0 Å². The Bertz CT molecular complexity index is 913. The van der Waals surface area contributed by atoms with Gasteiger partial charge in [-0.1, -0.05) is 24.3 Å². The minimum atomic E-state index is -0.0948. The second kappa shape index (κ2) is 6.84. The van der Waals surface area contributed by atoms with E-state index in [0.717, 1.165) is 41.2 Å². The molecule has 1 aliphatic rings. The lowest BCUT2D eigenvalue weighted by atomic mass is 10.1. The minimum Gasteiger partial charge on any atom is -0.490 e. The standard InChI is InChI=1S/C21H23N3O2/c1-23(2)19-8-3-4-9-20(19)24-21(13-16(14-25)22-24)15-6-5-7-18(12-15)26-17-10-11-17/h3-9,12-13,17,25H,10-11,14H2,1-2H3. The molecule has 0 aliphatic heterocycles. The summed E-state index contributed by atoms with van der Waals surface area (Å²) in [6, 6.07) is 18.1. The number of rotatable bonds is 6. The van der Waals surface area contributed by atoms with Crippen LogP contribution in [0.15, 0.2) is 54.6 Å². The molecule has 0 unspecified atom stereocenters. The van der Waals surface area contributed by atoms with Crippen LogP contribution in [0.3, 0.4) is 0 Å². The van der Waals surface area contributed by atoms with Crippen LogP contribution in [0.2, 0.25) is 0 Å². The molecule has 134 valence electrons. The lowest BCUT2D eigenvalue weighted by Gasteiger charge is -2.18. The van der Waals surface area contributed by atoms with Crippen LogP contribution in [0.4, 0.5) is 5.69 Å². The van der Waals surface area contributed by atoms with Gasteiger partial charge in [0.15, 0.2) is 0 Å². The van der Waals surface area contributed by atoms with Crippen molar-refractivity contribution in [3.8, 4) is 22.7 Å². The fraction of sp³-hybridized carbons (Fsp3) is 0.286. The molecule has 4 rings (SSSR count). The maximum absolute atomic E-state index is 9.62. The Hall–Kier alpha value is -2.79. The van der Waals surface area contributed by atoms with Gasteiger partial charge in [-0.05, 0) is 43.2 Å². The van der Waals surface area contributed by atoms with Crippen LogP contribution in [0.5, 0.6) is 5.75 Å². The van der Waals surface area contributed by atoms with Crippen LogP contribution in [-0.4, -0.2) is 35.1 Å². The van der Waals surface area contributed by atoms with Gasteiger partial charge in [0.1, 0.15) is 5.75 Å². The average molecular weight is 349 g/mol. The zero-order chi connectivity index (χ0) is 18.1. The number of benzene rings is 2. The van der Waals surface area contributed by atoms with Gasteiger partial charge in [-0.2, -0.15) is 5.10 Å². The SMILES string of the molecule is CN(C)c1ccccc1-n1nc(CO)cc1-c1cccc(OC2CC2)c1. The highest BCUT2D eigenvalue weighted by Crippen LogP contribution is 2.32. The first-order valence-electron chi connectivity index (χ1n) is 8.89. The zero-order valence-electron chi connectivity index (χ0n) is 15.1. The van der Waals surface area contributed by atoms with E-state index in [1.165, 1.54) is 0 Å². The van der Waals surface area contributed by atoms with E-state index in [-0.39, 0.29) is 6.61 Å². The van der Waals surface area contributed by atoms with Crippen LogP contribution in [-0.2, 0) is 6.61 Å². The largest absolute Gasteiger partial charge is 0.490 e. The summed E-state index contributed by atoms with van der Waals surface area (Å²) >= 11 is 0. The lowest BCUT2D eigenvalue weighted by Crippen LogP contribution is -2.13. The first kappa shape index (κ1) is 16.7. The fourth-order valence-electron chi connectivity index (χ4n) is 3.03. The maximum atomic E-state index is 9.62. The number of anilines is 1. The summed E-state index contributed by atoms with van der Waals surface area (Å²) < 4.78 is 7.84. The van der Waals surface area contributed by atoms with E-state index in [1.54, 1.807) is 0 Å². The molecule has 5 heteroatoms. The zero-order valence-corrected chi connectivity index (χ0v) is 15.1. The van der Waals surface area contributed by atoms with E-state index >= 15 is 0 Å². The van der Waals surface area contributed by atoms with Crippen molar-refractivity contribution in [3.05, 3.63) is 60.3 Å². The van der Waals surface area contributed by atoms with Gasteiger partial charge in [0, 0.05) is 19.7 Å². The van der Waals surface area contributed by atoms with Crippen molar-refractivity contribution in [3.63, 3.8) is 0 Å². The van der Waals surface area contributed by atoms with E-state index in [1.807, 2.05) is 67.3 Å². The Balaban J connectivity index is 1.81. The molecule has 1 saturated carbocycles. The first-order valence-corrected chi connectivity index (χ1v) is 8.89. The van der Waals surface area contributed by atoms with Gasteiger partial charge < -0.3 is 14.7 Å². The molecule has 0 saturated heterocycles. The number of hydrogen-bond acceptors (Lipinski definition) is 4. The number of aliphatic hydroxyl groups is 1. The van der Waals surface area contributed by atoms with Crippen LogP contribution < -0.4 is 9.64 Å². The van der Waals surface area contributed by atoms with E-state index < -0.39 is 0 Å². The number of nitrogens with zero attached hydrogens (tertiary/aromatic N) is 3. The van der Waals surface area contributed by atoms with E-state index in [0.29, 0.717) is 11.8 Å². The van der Waals surface area contributed by atoms with Crippen molar-refractivity contribution in [1.82, 2.24) is 9.78 Å². The fourth-order valence-corrected chi connectivity index (χ4v) is 3.03. The van der Waals surface area contributed by atoms with E-state index in [9.17, 15) is 5.11 Å². The molecule has 0 radical (unpaired) electrons. The average Bonchev–Trinajstić information content (AvgIpc) is 3.36. The summed E-state index contributed by atoms with van der Waals surface area (Å²) in [5.41, 5.74) is 4.63.